The van der Waals surface area contributed by atoms with E-state index in [1.807, 2.05) is 25.1 Å². The van der Waals surface area contributed by atoms with E-state index in [0.29, 0.717) is 11.6 Å². The van der Waals surface area contributed by atoms with E-state index in [4.69, 9.17) is 16.3 Å². The Morgan fingerprint density at radius 1 is 1.53 bits per heavy atom. The van der Waals surface area contributed by atoms with Gasteiger partial charge in [0.15, 0.2) is 0 Å². The zero-order valence-corrected chi connectivity index (χ0v) is 12.3. The molecule has 0 aliphatic heterocycles. The van der Waals surface area contributed by atoms with E-state index in [-0.39, 0.29) is 18.7 Å². The highest BCUT2D eigenvalue weighted by Crippen LogP contribution is 2.26. The van der Waals surface area contributed by atoms with Gasteiger partial charge in [-0.25, -0.2) is 0 Å². The van der Waals surface area contributed by atoms with Crippen molar-refractivity contribution in [1.29, 1.82) is 0 Å². The van der Waals surface area contributed by atoms with Crippen LogP contribution in [0.15, 0.2) is 22.7 Å². The lowest BCUT2D eigenvalue weighted by molar-refractivity contribution is 0.123. The molecule has 0 saturated heterocycles. The fourth-order valence-corrected chi connectivity index (χ4v) is 2.49. The van der Waals surface area contributed by atoms with Gasteiger partial charge in [-0.05, 0) is 24.6 Å². The average Bonchev–Trinajstić information content (AvgIpc) is 2.28. The van der Waals surface area contributed by atoms with Crippen LogP contribution >= 0.6 is 27.5 Å². The van der Waals surface area contributed by atoms with Crippen LogP contribution < -0.4 is 5.32 Å². The summed E-state index contributed by atoms with van der Waals surface area (Å²) in [4.78, 5) is 0. The monoisotopic (exact) mass is 321 g/mol. The molecule has 0 spiro atoms. The molecule has 0 aliphatic rings. The number of rotatable bonds is 6. The maximum absolute atomic E-state index is 9.18. The molecule has 96 valence electrons. The van der Waals surface area contributed by atoms with Crippen LogP contribution in [0.25, 0.3) is 0 Å². The van der Waals surface area contributed by atoms with Gasteiger partial charge in [-0.1, -0.05) is 33.6 Å². The number of ether oxygens (including phenoxy) is 1. The molecule has 0 radical (unpaired) electrons. The average molecular weight is 323 g/mol. The predicted molar refractivity (Wildman–Crippen MR) is 73.5 cm³/mol. The van der Waals surface area contributed by atoms with E-state index >= 15 is 0 Å². The zero-order valence-electron chi connectivity index (χ0n) is 9.91. The molecule has 17 heavy (non-hydrogen) atoms. The molecule has 0 bridgehead atoms. The van der Waals surface area contributed by atoms with E-state index in [1.54, 1.807) is 7.11 Å². The van der Waals surface area contributed by atoms with Gasteiger partial charge >= 0.3 is 0 Å². The topological polar surface area (TPSA) is 41.5 Å². The Morgan fingerprint density at radius 3 is 2.76 bits per heavy atom. The molecule has 2 atom stereocenters. The molecule has 1 aromatic rings. The summed E-state index contributed by atoms with van der Waals surface area (Å²) in [6.07, 6.45) is 0. The van der Waals surface area contributed by atoms with Gasteiger partial charge < -0.3 is 15.2 Å². The van der Waals surface area contributed by atoms with Gasteiger partial charge in [0.25, 0.3) is 0 Å². The lowest BCUT2D eigenvalue weighted by atomic mass is 10.1. The fourth-order valence-electron chi connectivity index (χ4n) is 1.65. The van der Waals surface area contributed by atoms with Crippen molar-refractivity contribution in [1.82, 2.24) is 5.32 Å². The quantitative estimate of drug-likeness (QED) is 0.846. The highest BCUT2D eigenvalue weighted by atomic mass is 79.9. The Bertz CT molecular complexity index is 362. The zero-order chi connectivity index (χ0) is 12.8. The summed E-state index contributed by atoms with van der Waals surface area (Å²) < 4.78 is 5.97. The van der Waals surface area contributed by atoms with Gasteiger partial charge in [0.1, 0.15) is 0 Å². The summed E-state index contributed by atoms with van der Waals surface area (Å²) in [6, 6.07) is 5.74. The SMILES string of the molecule is COCC(CO)NC(C)c1ccc(Br)cc1Cl. The van der Waals surface area contributed by atoms with Crippen molar-refractivity contribution in [3.05, 3.63) is 33.3 Å². The first-order chi connectivity index (χ1) is 8.08. The van der Waals surface area contributed by atoms with E-state index in [0.717, 1.165) is 10.0 Å². The van der Waals surface area contributed by atoms with Crippen molar-refractivity contribution in [2.45, 2.75) is 19.0 Å². The van der Waals surface area contributed by atoms with Crippen LogP contribution in [0.4, 0.5) is 0 Å². The molecule has 2 N–H and O–H groups in total. The summed E-state index contributed by atoms with van der Waals surface area (Å²) in [5.74, 6) is 0. The minimum Gasteiger partial charge on any atom is -0.395 e. The Balaban J connectivity index is 2.71. The van der Waals surface area contributed by atoms with Gasteiger partial charge in [-0.2, -0.15) is 0 Å². The summed E-state index contributed by atoms with van der Waals surface area (Å²) in [6.45, 7) is 2.51. The van der Waals surface area contributed by atoms with Crippen LogP contribution in [0.1, 0.15) is 18.5 Å². The summed E-state index contributed by atoms with van der Waals surface area (Å²) in [5, 5.41) is 13.2. The lowest BCUT2D eigenvalue weighted by Crippen LogP contribution is -2.38. The van der Waals surface area contributed by atoms with Crippen molar-refractivity contribution < 1.29 is 9.84 Å². The van der Waals surface area contributed by atoms with Crippen LogP contribution in [-0.2, 0) is 4.74 Å². The molecular weight excluding hydrogens is 305 g/mol. The molecule has 0 fully saturated rings. The number of benzene rings is 1. The van der Waals surface area contributed by atoms with Crippen LogP contribution in [0, 0.1) is 0 Å². The largest absolute Gasteiger partial charge is 0.395 e. The number of halogens is 2. The third-order valence-corrected chi connectivity index (χ3v) is 3.32. The molecule has 0 heterocycles. The van der Waals surface area contributed by atoms with Gasteiger partial charge in [0.2, 0.25) is 0 Å². The van der Waals surface area contributed by atoms with Crippen molar-refractivity contribution >= 4 is 27.5 Å². The van der Waals surface area contributed by atoms with E-state index in [2.05, 4.69) is 21.2 Å². The van der Waals surface area contributed by atoms with E-state index in [9.17, 15) is 5.11 Å². The minimum absolute atomic E-state index is 0.0341. The lowest BCUT2D eigenvalue weighted by Gasteiger charge is -2.22. The number of aliphatic hydroxyl groups excluding tert-OH is 1. The second-order valence-corrected chi connectivity index (χ2v) is 5.21. The first-order valence-electron chi connectivity index (χ1n) is 5.39. The van der Waals surface area contributed by atoms with E-state index < -0.39 is 0 Å². The molecule has 3 nitrogen and oxygen atoms in total. The number of hydrogen-bond donors (Lipinski definition) is 2. The summed E-state index contributed by atoms with van der Waals surface area (Å²) in [7, 11) is 1.61. The highest BCUT2D eigenvalue weighted by Gasteiger charge is 2.14. The Labute approximate surface area is 115 Å². The minimum atomic E-state index is -0.0882. The smallest absolute Gasteiger partial charge is 0.0638 e. The number of methoxy groups -OCH3 is 1. The molecular formula is C12H17BrClNO2. The molecule has 0 saturated carbocycles. The maximum atomic E-state index is 9.18. The summed E-state index contributed by atoms with van der Waals surface area (Å²) in [5.41, 5.74) is 1.00. The van der Waals surface area contributed by atoms with Gasteiger partial charge in [-0.15, -0.1) is 0 Å². The third-order valence-electron chi connectivity index (χ3n) is 2.50. The Morgan fingerprint density at radius 2 is 2.24 bits per heavy atom. The Hall–Kier alpha value is -0.130. The highest BCUT2D eigenvalue weighted by molar-refractivity contribution is 9.10. The molecule has 0 aliphatic carbocycles. The van der Waals surface area contributed by atoms with Crippen LogP contribution in [0.2, 0.25) is 5.02 Å². The number of hydrogen-bond acceptors (Lipinski definition) is 3. The van der Waals surface area contributed by atoms with Crippen molar-refractivity contribution in [2.75, 3.05) is 20.3 Å². The Kier molecular flexibility index (Phi) is 6.44. The summed E-state index contributed by atoms with van der Waals surface area (Å²) >= 11 is 9.53. The second-order valence-electron chi connectivity index (χ2n) is 3.89. The molecule has 1 aromatic carbocycles. The van der Waals surface area contributed by atoms with Gasteiger partial charge in [-0.3, -0.25) is 0 Å². The predicted octanol–water partition coefficient (Wildman–Crippen LogP) is 2.76. The van der Waals surface area contributed by atoms with Crippen LogP contribution in [0.3, 0.4) is 0 Å². The van der Waals surface area contributed by atoms with Crippen molar-refractivity contribution in [3.8, 4) is 0 Å². The molecule has 2 unspecified atom stereocenters. The van der Waals surface area contributed by atoms with Gasteiger partial charge in [0.05, 0.1) is 19.3 Å². The first-order valence-corrected chi connectivity index (χ1v) is 6.56. The third kappa shape index (κ3) is 4.56. The van der Waals surface area contributed by atoms with E-state index in [1.165, 1.54) is 0 Å². The normalized spacial score (nSPS) is 14.6. The number of nitrogens with one attached hydrogen (secondary N) is 1. The van der Waals surface area contributed by atoms with Crippen molar-refractivity contribution in [3.63, 3.8) is 0 Å². The first kappa shape index (κ1) is 14.9. The van der Waals surface area contributed by atoms with Gasteiger partial charge in [0, 0.05) is 22.6 Å². The molecule has 0 aromatic heterocycles. The van der Waals surface area contributed by atoms with Crippen LogP contribution in [-0.4, -0.2) is 31.5 Å². The van der Waals surface area contributed by atoms with Crippen LogP contribution in [0.5, 0.6) is 0 Å². The van der Waals surface area contributed by atoms with Crippen molar-refractivity contribution in [2.24, 2.45) is 0 Å². The maximum Gasteiger partial charge on any atom is 0.0638 e. The fraction of sp³-hybridized carbons (Fsp3) is 0.500. The second kappa shape index (κ2) is 7.34. The molecule has 5 heteroatoms. The number of aliphatic hydroxyl groups is 1. The standard InChI is InChI=1S/C12H17BrClNO2/c1-8(15-10(6-16)7-17-2)11-4-3-9(13)5-12(11)14/h3-5,8,10,15-16H,6-7H2,1-2H3. The molecule has 0 amide bonds. The molecule has 1 rings (SSSR count).